The fourth-order valence-electron chi connectivity index (χ4n) is 2.69. The van der Waals surface area contributed by atoms with Gasteiger partial charge in [0.15, 0.2) is 0 Å². The molecule has 4 nitrogen and oxygen atoms in total. The van der Waals surface area contributed by atoms with E-state index >= 15 is 0 Å². The zero-order valence-electron chi connectivity index (χ0n) is 14.7. The lowest BCUT2D eigenvalue weighted by molar-refractivity contribution is -0.154. The first-order valence-corrected chi connectivity index (χ1v) is 8.12. The number of para-hydroxylation sites is 2. The van der Waals surface area contributed by atoms with E-state index in [1.807, 2.05) is 75.4 Å². The van der Waals surface area contributed by atoms with Crippen LogP contribution in [0.25, 0.3) is 0 Å². The molecule has 2 aromatic rings. The van der Waals surface area contributed by atoms with Gasteiger partial charge in [-0.05, 0) is 39.0 Å². The molecule has 1 atom stereocenters. The number of hydrogen-bond acceptors (Lipinski definition) is 4. The Morgan fingerprint density at radius 1 is 1.08 bits per heavy atom. The third-order valence-corrected chi connectivity index (χ3v) is 4.06. The SMILES string of the molecule is CCOC(=O)C(C)(C)C(Nc1ccccc1)c1ccccc1OC. The summed E-state index contributed by atoms with van der Waals surface area (Å²) in [4.78, 5) is 12.6. The molecule has 0 saturated heterocycles. The number of rotatable bonds is 7. The van der Waals surface area contributed by atoms with Crippen LogP contribution in [0.1, 0.15) is 32.4 Å². The topological polar surface area (TPSA) is 47.6 Å². The van der Waals surface area contributed by atoms with Gasteiger partial charge in [0.1, 0.15) is 5.75 Å². The summed E-state index contributed by atoms with van der Waals surface area (Å²) in [5.41, 5.74) is 1.08. The molecule has 0 amide bonds. The highest BCUT2D eigenvalue weighted by molar-refractivity contribution is 5.78. The summed E-state index contributed by atoms with van der Waals surface area (Å²) in [5.74, 6) is 0.493. The molecule has 0 aliphatic rings. The van der Waals surface area contributed by atoms with Gasteiger partial charge in [0, 0.05) is 11.3 Å². The van der Waals surface area contributed by atoms with E-state index in [-0.39, 0.29) is 12.0 Å². The molecule has 0 aliphatic carbocycles. The molecule has 0 radical (unpaired) electrons. The van der Waals surface area contributed by atoms with E-state index in [2.05, 4.69) is 5.32 Å². The lowest BCUT2D eigenvalue weighted by Gasteiger charge is -2.34. The van der Waals surface area contributed by atoms with Gasteiger partial charge in [-0.2, -0.15) is 0 Å². The normalized spacial score (nSPS) is 12.3. The Hall–Kier alpha value is -2.49. The highest BCUT2D eigenvalue weighted by atomic mass is 16.5. The highest BCUT2D eigenvalue weighted by Gasteiger charge is 2.40. The zero-order chi connectivity index (χ0) is 17.6. The number of carbonyl (C=O) groups excluding carboxylic acids is 1. The Bertz CT molecular complexity index is 668. The lowest BCUT2D eigenvalue weighted by Crippen LogP contribution is -2.37. The fraction of sp³-hybridized carbons (Fsp3) is 0.350. The number of ether oxygens (including phenoxy) is 2. The monoisotopic (exact) mass is 327 g/mol. The predicted octanol–water partition coefficient (Wildman–Crippen LogP) is 4.44. The predicted molar refractivity (Wildman–Crippen MR) is 96.2 cm³/mol. The number of esters is 1. The van der Waals surface area contributed by atoms with E-state index in [0.717, 1.165) is 17.0 Å². The van der Waals surface area contributed by atoms with E-state index in [9.17, 15) is 4.79 Å². The smallest absolute Gasteiger partial charge is 0.313 e. The van der Waals surface area contributed by atoms with Gasteiger partial charge in [-0.3, -0.25) is 4.79 Å². The molecular weight excluding hydrogens is 302 g/mol. The summed E-state index contributed by atoms with van der Waals surface area (Å²) in [6, 6.07) is 17.3. The minimum atomic E-state index is -0.777. The Morgan fingerprint density at radius 3 is 2.33 bits per heavy atom. The van der Waals surface area contributed by atoms with Crippen molar-refractivity contribution in [1.82, 2.24) is 0 Å². The van der Waals surface area contributed by atoms with Crippen molar-refractivity contribution in [2.45, 2.75) is 26.8 Å². The number of carbonyl (C=O) groups is 1. The Morgan fingerprint density at radius 2 is 1.71 bits per heavy atom. The van der Waals surface area contributed by atoms with Crippen LogP contribution >= 0.6 is 0 Å². The summed E-state index contributed by atoms with van der Waals surface area (Å²) < 4.78 is 10.8. The van der Waals surface area contributed by atoms with Crippen molar-refractivity contribution in [3.05, 3.63) is 60.2 Å². The summed E-state index contributed by atoms with van der Waals surface area (Å²) in [7, 11) is 1.63. The van der Waals surface area contributed by atoms with Crippen LogP contribution in [0.5, 0.6) is 5.75 Å². The quantitative estimate of drug-likeness (QED) is 0.764. The minimum absolute atomic E-state index is 0.246. The summed E-state index contributed by atoms with van der Waals surface area (Å²) in [6.45, 7) is 5.94. The van der Waals surface area contributed by atoms with Crippen molar-refractivity contribution in [2.75, 3.05) is 19.0 Å². The maximum atomic E-state index is 12.6. The second-order valence-corrected chi connectivity index (χ2v) is 6.13. The molecule has 2 aromatic carbocycles. The average Bonchev–Trinajstić information content (AvgIpc) is 2.60. The van der Waals surface area contributed by atoms with Crippen LogP contribution in [-0.4, -0.2) is 19.7 Å². The molecule has 0 heterocycles. The van der Waals surface area contributed by atoms with Crippen LogP contribution < -0.4 is 10.1 Å². The molecule has 24 heavy (non-hydrogen) atoms. The number of methoxy groups -OCH3 is 1. The molecule has 0 spiro atoms. The molecule has 1 N–H and O–H groups in total. The van der Waals surface area contributed by atoms with E-state index in [4.69, 9.17) is 9.47 Å². The molecule has 0 aromatic heterocycles. The molecule has 128 valence electrons. The highest BCUT2D eigenvalue weighted by Crippen LogP contribution is 2.41. The van der Waals surface area contributed by atoms with E-state index < -0.39 is 5.41 Å². The number of benzene rings is 2. The van der Waals surface area contributed by atoms with Gasteiger partial charge in [0.2, 0.25) is 0 Å². The summed E-state index contributed by atoms with van der Waals surface area (Å²) in [5, 5.41) is 3.47. The van der Waals surface area contributed by atoms with Crippen LogP contribution in [0.3, 0.4) is 0 Å². The molecular formula is C20H25NO3. The van der Waals surface area contributed by atoms with E-state index in [0.29, 0.717) is 6.61 Å². The van der Waals surface area contributed by atoms with Crippen molar-refractivity contribution in [2.24, 2.45) is 5.41 Å². The van der Waals surface area contributed by atoms with Crippen LogP contribution in [0.4, 0.5) is 5.69 Å². The van der Waals surface area contributed by atoms with Gasteiger partial charge in [-0.1, -0.05) is 36.4 Å². The third-order valence-electron chi connectivity index (χ3n) is 4.06. The molecule has 0 aliphatic heterocycles. The first-order chi connectivity index (χ1) is 11.5. The second kappa shape index (κ2) is 7.86. The van der Waals surface area contributed by atoms with Gasteiger partial charge in [-0.15, -0.1) is 0 Å². The number of anilines is 1. The van der Waals surface area contributed by atoms with Crippen molar-refractivity contribution in [3.8, 4) is 5.75 Å². The fourth-order valence-corrected chi connectivity index (χ4v) is 2.69. The van der Waals surface area contributed by atoms with Crippen molar-refractivity contribution >= 4 is 11.7 Å². The number of nitrogens with one attached hydrogen (secondary N) is 1. The molecule has 0 bridgehead atoms. The third kappa shape index (κ3) is 3.88. The average molecular weight is 327 g/mol. The molecule has 2 rings (SSSR count). The van der Waals surface area contributed by atoms with Crippen molar-refractivity contribution < 1.29 is 14.3 Å². The first kappa shape index (κ1) is 17.9. The van der Waals surface area contributed by atoms with Crippen LogP contribution in [0.15, 0.2) is 54.6 Å². The van der Waals surface area contributed by atoms with Crippen LogP contribution in [0.2, 0.25) is 0 Å². The van der Waals surface area contributed by atoms with Crippen molar-refractivity contribution in [1.29, 1.82) is 0 Å². The largest absolute Gasteiger partial charge is 0.496 e. The Labute approximate surface area is 143 Å². The van der Waals surface area contributed by atoms with Crippen molar-refractivity contribution in [3.63, 3.8) is 0 Å². The van der Waals surface area contributed by atoms with E-state index in [1.165, 1.54) is 0 Å². The maximum absolute atomic E-state index is 12.6. The maximum Gasteiger partial charge on any atom is 0.313 e. The Kier molecular flexibility index (Phi) is 5.85. The second-order valence-electron chi connectivity index (χ2n) is 6.13. The van der Waals surface area contributed by atoms with Gasteiger partial charge in [-0.25, -0.2) is 0 Å². The van der Waals surface area contributed by atoms with E-state index in [1.54, 1.807) is 7.11 Å². The number of hydrogen-bond donors (Lipinski definition) is 1. The van der Waals surface area contributed by atoms with Gasteiger partial charge < -0.3 is 14.8 Å². The standard InChI is InChI=1S/C20H25NO3/c1-5-24-19(22)20(2,3)18(21-15-11-7-6-8-12-15)16-13-9-10-14-17(16)23-4/h6-14,18,21H,5H2,1-4H3. The van der Waals surface area contributed by atoms with Crippen LogP contribution in [0, 0.1) is 5.41 Å². The summed E-state index contributed by atoms with van der Waals surface area (Å²) >= 11 is 0. The van der Waals surface area contributed by atoms with Gasteiger partial charge >= 0.3 is 5.97 Å². The van der Waals surface area contributed by atoms with Gasteiger partial charge in [0.05, 0.1) is 25.2 Å². The first-order valence-electron chi connectivity index (χ1n) is 8.12. The molecule has 4 heteroatoms. The zero-order valence-corrected chi connectivity index (χ0v) is 14.7. The minimum Gasteiger partial charge on any atom is -0.496 e. The van der Waals surface area contributed by atoms with Crippen LogP contribution in [-0.2, 0) is 9.53 Å². The van der Waals surface area contributed by atoms with Gasteiger partial charge in [0.25, 0.3) is 0 Å². The molecule has 1 unspecified atom stereocenters. The molecule has 0 saturated carbocycles. The summed E-state index contributed by atoms with van der Waals surface area (Å²) in [6.07, 6.45) is 0. The lowest BCUT2D eigenvalue weighted by atomic mass is 9.79. The Balaban J connectivity index is 2.46. The molecule has 0 fully saturated rings.